The molecule has 0 bridgehead atoms. The van der Waals surface area contributed by atoms with Gasteiger partial charge in [0.25, 0.3) is 5.56 Å². The summed E-state index contributed by atoms with van der Waals surface area (Å²) in [5, 5.41) is 1.17. The maximum Gasteiger partial charge on any atom is 0.251 e. The van der Waals surface area contributed by atoms with Crippen molar-refractivity contribution >= 4 is 23.4 Å². The Kier molecular flexibility index (Phi) is 6.01. The van der Waals surface area contributed by atoms with Gasteiger partial charge < -0.3 is 19.2 Å². The molecule has 3 rings (SSSR count). The van der Waals surface area contributed by atoms with Crippen LogP contribution in [-0.4, -0.2) is 22.9 Å². The van der Waals surface area contributed by atoms with Crippen molar-refractivity contribution < 1.29 is 14.2 Å². The average Bonchev–Trinajstić information content (AvgIpc) is 2.57. The third-order valence-electron chi connectivity index (χ3n) is 3.45. The highest BCUT2D eigenvalue weighted by Crippen LogP contribution is 2.34. The Morgan fingerprint density at radius 2 is 2.24 bits per heavy atom. The van der Waals surface area contributed by atoms with Crippen LogP contribution in [-0.2, 0) is 28.4 Å². The van der Waals surface area contributed by atoms with Crippen LogP contribution < -0.4 is 10.3 Å². The Hall–Kier alpha value is -1.54. The Balaban J connectivity index is 1.76. The third kappa shape index (κ3) is 4.98. The van der Waals surface area contributed by atoms with Crippen molar-refractivity contribution in [3.63, 3.8) is 0 Å². The number of halogens is 1. The quantitative estimate of drug-likeness (QED) is 0.608. The van der Waals surface area contributed by atoms with E-state index < -0.39 is 0 Å². The van der Waals surface area contributed by atoms with Gasteiger partial charge in [0.05, 0.1) is 25.0 Å². The maximum absolute atomic E-state index is 11.8. The van der Waals surface area contributed by atoms with Crippen LogP contribution in [0.5, 0.6) is 5.75 Å². The first-order valence-electron chi connectivity index (χ1n) is 7.88. The molecule has 1 N–H and O–H groups in total. The number of fused-ring (bicyclic) bond motifs is 1. The fraction of sp³-hybridized carbons (Fsp3) is 0.412. The summed E-state index contributed by atoms with van der Waals surface area (Å²) in [6, 6.07) is 5.16. The van der Waals surface area contributed by atoms with Crippen molar-refractivity contribution in [2.24, 2.45) is 0 Å². The van der Waals surface area contributed by atoms with Crippen molar-refractivity contribution in [3.05, 3.63) is 50.4 Å². The normalized spacial score (nSPS) is 13.6. The molecule has 8 heteroatoms. The van der Waals surface area contributed by atoms with E-state index in [2.05, 4.69) is 9.97 Å². The zero-order valence-corrected chi connectivity index (χ0v) is 15.6. The van der Waals surface area contributed by atoms with E-state index in [0.717, 1.165) is 16.9 Å². The highest BCUT2D eigenvalue weighted by molar-refractivity contribution is 7.98. The third-order valence-corrected chi connectivity index (χ3v) is 4.59. The lowest BCUT2D eigenvalue weighted by molar-refractivity contribution is -0.0168. The van der Waals surface area contributed by atoms with Gasteiger partial charge in [-0.15, -0.1) is 0 Å². The smallest absolute Gasteiger partial charge is 0.251 e. The number of nitrogens with one attached hydrogen (secondary N) is 1. The van der Waals surface area contributed by atoms with Gasteiger partial charge in [0.2, 0.25) is 0 Å². The zero-order valence-electron chi connectivity index (χ0n) is 14.0. The lowest BCUT2D eigenvalue weighted by Crippen LogP contribution is -2.13. The molecule has 2 heterocycles. The number of aromatic amines is 1. The molecule has 1 aliphatic heterocycles. The fourth-order valence-corrected chi connectivity index (χ4v) is 3.51. The summed E-state index contributed by atoms with van der Waals surface area (Å²) in [7, 11) is 0. The van der Waals surface area contributed by atoms with Crippen LogP contribution >= 0.6 is 23.4 Å². The molecule has 0 amide bonds. The summed E-state index contributed by atoms with van der Waals surface area (Å²) >= 11 is 7.59. The van der Waals surface area contributed by atoms with E-state index in [1.807, 2.05) is 26.0 Å². The van der Waals surface area contributed by atoms with E-state index in [1.165, 1.54) is 17.8 Å². The van der Waals surface area contributed by atoms with Gasteiger partial charge in [0.15, 0.2) is 11.9 Å². The van der Waals surface area contributed by atoms with Gasteiger partial charge >= 0.3 is 0 Å². The number of hydrogen-bond acceptors (Lipinski definition) is 6. The number of aromatic nitrogens is 2. The van der Waals surface area contributed by atoms with Crippen molar-refractivity contribution in [2.75, 3.05) is 6.79 Å². The minimum atomic E-state index is -0.197. The van der Waals surface area contributed by atoms with Gasteiger partial charge in [-0.2, -0.15) is 0 Å². The number of nitrogens with zero attached hydrogens (tertiary/aromatic N) is 1. The molecule has 0 unspecified atom stereocenters. The van der Waals surface area contributed by atoms with E-state index in [4.69, 9.17) is 25.8 Å². The summed E-state index contributed by atoms with van der Waals surface area (Å²) in [5.41, 5.74) is 2.28. The number of benzene rings is 1. The number of hydrogen-bond donors (Lipinski definition) is 1. The average molecular weight is 383 g/mol. The number of H-pyrrole nitrogens is 1. The Morgan fingerprint density at radius 1 is 1.40 bits per heavy atom. The number of ether oxygens (including phenoxy) is 3. The molecular weight excluding hydrogens is 364 g/mol. The summed E-state index contributed by atoms with van der Waals surface area (Å²) in [5.74, 6) is 1.37. The predicted molar refractivity (Wildman–Crippen MR) is 96.1 cm³/mol. The standard InChI is InChI=1S/C17H19ClN2O4S/c1-10(2)23-7-14-5-15(21)20-17(19-14)25-8-12-4-13(18)3-11-6-22-9-24-16(11)12/h3-5,10H,6-9H2,1-2H3,(H,19,20,21). The van der Waals surface area contributed by atoms with E-state index >= 15 is 0 Å². The molecule has 0 saturated heterocycles. The molecule has 0 fully saturated rings. The maximum atomic E-state index is 11.8. The first-order valence-corrected chi connectivity index (χ1v) is 9.24. The molecule has 1 aliphatic rings. The molecule has 1 aromatic carbocycles. The first-order chi connectivity index (χ1) is 12.0. The van der Waals surface area contributed by atoms with E-state index in [0.29, 0.717) is 34.8 Å². The Bertz CT molecular complexity index is 810. The van der Waals surface area contributed by atoms with Crippen LogP contribution in [0.2, 0.25) is 5.02 Å². The van der Waals surface area contributed by atoms with Gasteiger partial charge in [-0.05, 0) is 26.0 Å². The molecule has 134 valence electrons. The second kappa shape index (κ2) is 8.23. The van der Waals surface area contributed by atoms with Gasteiger partial charge in [-0.25, -0.2) is 4.98 Å². The van der Waals surface area contributed by atoms with E-state index in [-0.39, 0.29) is 18.5 Å². The van der Waals surface area contributed by atoms with Crippen LogP contribution in [0.3, 0.4) is 0 Å². The van der Waals surface area contributed by atoms with E-state index in [1.54, 1.807) is 0 Å². The summed E-state index contributed by atoms with van der Waals surface area (Å²) in [6.07, 6.45) is 0.0783. The van der Waals surface area contributed by atoms with Crippen LogP contribution in [0.1, 0.15) is 30.7 Å². The molecule has 2 aromatic rings. The monoisotopic (exact) mass is 382 g/mol. The minimum Gasteiger partial charge on any atom is -0.467 e. The molecule has 0 saturated carbocycles. The molecular formula is C17H19ClN2O4S. The highest BCUT2D eigenvalue weighted by atomic mass is 35.5. The zero-order chi connectivity index (χ0) is 17.8. The molecule has 25 heavy (non-hydrogen) atoms. The first kappa shape index (κ1) is 18.3. The predicted octanol–water partition coefficient (Wildman–Crippen LogP) is 3.51. The Morgan fingerprint density at radius 3 is 3.04 bits per heavy atom. The molecule has 0 atom stereocenters. The largest absolute Gasteiger partial charge is 0.467 e. The summed E-state index contributed by atoms with van der Waals surface area (Å²) in [4.78, 5) is 19.0. The number of thioether (sulfide) groups is 1. The van der Waals surface area contributed by atoms with Crippen molar-refractivity contribution in [3.8, 4) is 5.75 Å². The Labute approximate surface area is 154 Å². The van der Waals surface area contributed by atoms with Gasteiger partial charge in [-0.3, -0.25) is 4.79 Å². The summed E-state index contributed by atoms with van der Waals surface area (Å²) in [6.45, 7) is 4.89. The lowest BCUT2D eigenvalue weighted by atomic mass is 10.1. The van der Waals surface area contributed by atoms with Gasteiger partial charge in [0, 0.05) is 28.0 Å². The van der Waals surface area contributed by atoms with E-state index in [9.17, 15) is 4.79 Å². The molecule has 0 radical (unpaired) electrons. The topological polar surface area (TPSA) is 73.4 Å². The van der Waals surface area contributed by atoms with Gasteiger partial charge in [0.1, 0.15) is 5.75 Å². The lowest BCUT2D eigenvalue weighted by Gasteiger charge is -2.21. The van der Waals surface area contributed by atoms with Crippen molar-refractivity contribution in [1.82, 2.24) is 9.97 Å². The van der Waals surface area contributed by atoms with Gasteiger partial charge in [-0.1, -0.05) is 23.4 Å². The SMILES string of the molecule is CC(C)OCc1cc(=O)[nH]c(SCc2cc(Cl)cc3c2OCOC3)n1. The molecule has 0 spiro atoms. The second-order valence-corrected chi connectivity index (χ2v) is 7.25. The molecule has 1 aromatic heterocycles. The number of rotatable bonds is 6. The van der Waals surface area contributed by atoms with Crippen LogP contribution in [0.4, 0.5) is 0 Å². The highest BCUT2D eigenvalue weighted by Gasteiger charge is 2.17. The van der Waals surface area contributed by atoms with Crippen LogP contribution in [0.15, 0.2) is 28.2 Å². The summed E-state index contributed by atoms with van der Waals surface area (Å²) < 4.78 is 16.4. The fourth-order valence-electron chi connectivity index (χ4n) is 2.39. The van der Waals surface area contributed by atoms with Crippen LogP contribution in [0, 0.1) is 0 Å². The molecule has 6 nitrogen and oxygen atoms in total. The van der Waals surface area contributed by atoms with Crippen molar-refractivity contribution in [2.45, 2.75) is 44.1 Å². The van der Waals surface area contributed by atoms with Crippen molar-refractivity contribution in [1.29, 1.82) is 0 Å². The second-order valence-electron chi connectivity index (χ2n) is 5.85. The molecule has 0 aliphatic carbocycles. The van der Waals surface area contributed by atoms with Crippen LogP contribution in [0.25, 0.3) is 0 Å². The minimum absolute atomic E-state index is 0.0783.